The first-order valence-electron chi connectivity index (χ1n) is 10.8. The van der Waals surface area contributed by atoms with E-state index in [4.69, 9.17) is 9.47 Å². The third kappa shape index (κ3) is 5.27. The van der Waals surface area contributed by atoms with Crippen molar-refractivity contribution in [3.8, 4) is 11.6 Å². The zero-order chi connectivity index (χ0) is 23.8. The molecule has 1 aliphatic heterocycles. The molecule has 1 aromatic carbocycles. The van der Waals surface area contributed by atoms with Crippen LogP contribution in [-0.4, -0.2) is 65.0 Å². The fraction of sp³-hybridized carbons (Fsp3) is 0.435. The first kappa shape index (κ1) is 23.0. The maximum atomic E-state index is 12.3. The minimum atomic E-state index is -3.26. The molecule has 1 aliphatic rings. The molecule has 0 atom stereocenters. The summed E-state index contributed by atoms with van der Waals surface area (Å²) in [5.74, 6) is 0.488. The van der Waals surface area contributed by atoms with E-state index in [2.05, 4.69) is 9.97 Å². The summed E-state index contributed by atoms with van der Waals surface area (Å²) in [7, 11) is -3.26. The van der Waals surface area contributed by atoms with Crippen molar-refractivity contribution in [2.45, 2.75) is 50.2 Å². The van der Waals surface area contributed by atoms with Crippen LogP contribution in [0, 0.1) is 0 Å². The zero-order valence-corrected chi connectivity index (χ0v) is 20.0. The third-order valence-electron chi connectivity index (χ3n) is 5.36. The number of carbonyl (C=O) groups excluding carboxylic acids is 1. The Morgan fingerprint density at radius 1 is 1.06 bits per heavy atom. The van der Waals surface area contributed by atoms with Crippen molar-refractivity contribution < 1.29 is 22.7 Å². The van der Waals surface area contributed by atoms with Crippen LogP contribution in [0.4, 0.5) is 4.79 Å². The maximum absolute atomic E-state index is 12.3. The minimum Gasteiger partial charge on any atom is -0.474 e. The predicted molar refractivity (Wildman–Crippen MR) is 123 cm³/mol. The van der Waals surface area contributed by atoms with Gasteiger partial charge in [0.25, 0.3) is 0 Å². The van der Waals surface area contributed by atoms with E-state index in [-0.39, 0.29) is 17.1 Å². The van der Waals surface area contributed by atoms with Crippen molar-refractivity contribution in [3.05, 3.63) is 42.9 Å². The lowest BCUT2D eigenvalue weighted by atomic mass is 10.1. The van der Waals surface area contributed by atoms with Crippen LogP contribution in [0.25, 0.3) is 16.7 Å². The molecule has 2 aromatic heterocycles. The highest BCUT2D eigenvalue weighted by Crippen LogP contribution is 2.28. The largest absolute Gasteiger partial charge is 0.474 e. The SMILES string of the molecule is CC(C)(C)OC(=O)N1CCC(Oc2ncnc3c2ccn3-c2ccc(S(C)(=O)=O)cc2)CC1. The molecule has 9 nitrogen and oxygen atoms in total. The van der Waals surface area contributed by atoms with Crippen molar-refractivity contribution in [3.63, 3.8) is 0 Å². The molecule has 176 valence electrons. The highest BCUT2D eigenvalue weighted by atomic mass is 32.2. The van der Waals surface area contributed by atoms with Crippen LogP contribution in [0.2, 0.25) is 0 Å². The monoisotopic (exact) mass is 472 g/mol. The summed E-state index contributed by atoms with van der Waals surface area (Å²) < 4.78 is 36.9. The molecule has 1 amide bonds. The quantitative estimate of drug-likeness (QED) is 0.571. The number of nitrogens with zero attached hydrogens (tertiary/aromatic N) is 4. The van der Waals surface area contributed by atoms with E-state index in [0.717, 1.165) is 11.1 Å². The van der Waals surface area contributed by atoms with E-state index in [1.165, 1.54) is 12.6 Å². The van der Waals surface area contributed by atoms with Crippen LogP contribution in [0.3, 0.4) is 0 Å². The number of piperidine rings is 1. The van der Waals surface area contributed by atoms with Gasteiger partial charge >= 0.3 is 6.09 Å². The summed E-state index contributed by atoms with van der Waals surface area (Å²) >= 11 is 0. The summed E-state index contributed by atoms with van der Waals surface area (Å²) in [5.41, 5.74) is 0.931. The van der Waals surface area contributed by atoms with E-state index in [0.29, 0.717) is 37.5 Å². The van der Waals surface area contributed by atoms with Gasteiger partial charge in [-0.15, -0.1) is 0 Å². The molecule has 33 heavy (non-hydrogen) atoms. The molecule has 1 saturated heterocycles. The summed E-state index contributed by atoms with van der Waals surface area (Å²) in [4.78, 5) is 23.0. The Bertz CT molecular complexity index is 1250. The van der Waals surface area contributed by atoms with E-state index < -0.39 is 15.4 Å². The second kappa shape index (κ2) is 8.66. The fourth-order valence-electron chi connectivity index (χ4n) is 3.72. The van der Waals surface area contributed by atoms with Crippen LogP contribution in [0.1, 0.15) is 33.6 Å². The van der Waals surface area contributed by atoms with Crippen LogP contribution in [-0.2, 0) is 14.6 Å². The summed E-state index contributed by atoms with van der Waals surface area (Å²) in [6.45, 7) is 6.68. The van der Waals surface area contributed by atoms with Crippen LogP contribution in [0.5, 0.6) is 5.88 Å². The van der Waals surface area contributed by atoms with Crippen LogP contribution < -0.4 is 4.74 Å². The standard InChI is InChI=1S/C23H28N4O5S/c1-23(2,3)32-22(28)26-12-9-17(10-13-26)31-21-19-11-14-27(20(19)24-15-25-21)16-5-7-18(8-6-16)33(4,29)30/h5-8,11,14-15,17H,9-10,12-13H2,1-4H3. The van der Waals surface area contributed by atoms with Crippen LogP contribution >= 0.6 is 0 Å². The number of hydrogen-bond acceptors (Lipinski definition) is 7. The number of amides is 1. The van der Waals surface area contributed by atoms with Gasteiger partial charge in [0.1, 0.15) is 18.0 Å². The average molecular weight is 473 g/mol. The number of fused-ring (bicyclic) bond motifs is 1. The number of rotatable bonds is 4. The summed E-state index contributed by atoms with van der Waals surface area (Å²) in [6, 6.07) is 8.52. The third-order valence-corrected chi connectivity index (χ3v) is 6.49. The van der Waals surface area contributed by atoms with Crippen LogP contribution in [0.15, 0.2) is 47.8 Å². The number of benzene rings is 1. The predicted octanol–water partition coefficient (Wildman–Crippen LogP) is 3.60. The summed E-state index contributed by atoms with van der Waals surface area (Å²) in [5, 5.41) is 0.763. The Hall–Kier alpha value is -3.14. The highest BCUT2D eigenvalue weighted by Gasteiger charge is 2.28. The van der Waals surface area contributed by atoms with E-state index in [1.807, 2.05) is 37.6 Å². The molecule has 0 aliphatic carbocycles. The van der Waals surface area contributed by atoms with Gasteiger partial charge in [0.05, 0.1) is 10.3 Å². The smallest absolute Gasteiger partial charge is 0.410 e. The van der Waals surface area contributed by atoms with Gasteiger partial charge in [-0.1, -0.05) is 0 Å². The summed E-state index contributed by atoms with van der Waals surface area (Å²) in [6.07, 6.45) is 5.48. The second-order valence-electron chi connectivity index (χ2n) is 9.15. The molecule has 0 saturated carbocycles. The van der Waals surface area contributed by atoms with Gasteiger partial charge in [-0.3, -0.25) is 0 Å². The topological polar surface area (TPSA) is 104 Å². The molecule has 0 N–H and O–H groups in total. The van der Waals surface area contributed by atoms with Crippen molar-refractivity contribution in [2.75, 3.05) is 19.3 Å². The normalized spacial score (nSPS) is 15.6. The van der Waals surface area contributed by atoms with E-state index >= 15 is 0 Å². The molecule has 1 fully saturated rings. The number of ether oxygens (including phenoxy) is 2. The Kier molecular flexibility index (Phi) is 6.04. The highest BCUT2D eigenvalue weighted by molar-refractivity contribution is 7.90. The first-order valence-corrected chi connectivity index (χ1v) is 12.7. The van der Waals surface area contributed by atoms with E-state index in [9.17, 15) is 13.2 Å². The zero-order valence-electron chi connectivity index (χ0n) is 19.2. The average Bonchev–Trinajstić information content (AvgIpc) is 3.18. The number of carbonyl (C=O) groups is 1. The molecular formula is C23H28N4O5S. The molecule has 0 unspecified atom stereocenters. The molecule has 3 aromatic rings. The van der Waals surface area contributed by atoms with Gasteiger partial charge in [0.15, 0.2) is 15.5 Å². The van der Waals surface area contributed by atoms with Gasteiger partial charge < -0.3 is 18.9 Å². The molecule has 4 rings (SSSR count). The Morgan fingerprint density at radius 3 is 2.33 bits per heavy atom. The molecule has 0 bridgehead atoms. The lowest BCUT2D eigenvalue weighted by Gasteiger charge is -2.33. The Balaban J connectivity index is 1.47. The van der Waals surface area contributed by atoms with Crippen molar-refractivity contribution >= 4 is 27.0 Å². The Labute approximate surface area is 193 Å². The molecule has 0 spiro atoms. The van der Waals surface area contributed by atoms with Crippen molar-refractivity contribution in [1.82, 2.24) is 19.4 Å². The number of likely N-dealkylation sites (tertiary alicyclic amines) is 1. The molecular weight excluding hydrogens is 444 g/mol. The lowest BCUT2D eigenvalue weighted by Crippen LogP contribution is -2.44. The second-order valence-corrected chi connectivity index (χ2v) is 11.2. The molecule has 10 heteroatoms. The van der Waals surface area contributed by atoms with Gasteiger partial charge in [-0.25, -0.2) is 23.2 Å². The maximum Gasteiger partial charge on any atom is 0.410 e. The first-order chi connectivity index (χ1) is 15.5. The number of aromatic nitrogens is 3. The minimum absolute atomic E-state index is 0.0702. The lowest BCUT2D eigenvalue weighted by molar-refractivity contribution is 0.0124. The van der Waals surface area contributed by atoms with Gasteiger partial charge in [0, 0.05) is 44.1 Å². The van der Waals surface area contributed by atoms with Gasteiger partial charge in [-0.2, -0.15) is 0 Å². The number of hydrogen-bond donors (Lipinski definition) is 0. The fourth-order valence-corrected chi connectivity index (χ4v) is 4.36. The van der Waals surface area contributed by atoms with Gasteiger partial charge in [0.2, 0.25) is 5.88 Å². The Morgan fingerprint density at radius 2 is 1.73 bits per heavy atom. The van der Waals surface area contributed by atoms with Crippen molar-refractivity contribution in [1.29, 1.82) is 0 Å². The molecule has 0 radical (unpaired) electrons. The van der Waals surface area contributed by atoms with Gasteiger partial charge in [-0.05, 0) is 51.1 Å². The number of sulfone groups is 1. The van der Waals surface area contributed by atoms with E-state index in [1.54, 1.807) is 29.2 Å². The molecule has 3 heterocycles. The van der Waals surface area contributed by atoms with Crippen molar-refractivity contribution in [2.24, 2.45) is 0 Å².